The molecule has 2 N–H and O–H groups in total. The number of aromatic nitrogens is 4. The lowest BCUT2D eigenvalue weighted by Gasteiger charge is -2.08. The predicted octanol–water partition coefficient (Wildman–Crippen LogP) is 3.77. The maximum atomic E-state index is 5.26. The van der Waals surface area contributed by atoms with Crippen LogP contribution in [0, 0.1) is 0 Å². The smallest absolute Gasteiger partial charge is 0.161 e. The Balaban J connectivity index is 1.64. The van der Waals surface area contributed by atoms with Gasteiger partial charge in [0.15, 0.2) is 5.82 Å². The van der Waals surface area contributed by atoms with Gasteiger partial charge in [-0.1, -0.05) is 12.1 Å². The average molecular weight is 317 g/mol. The molecule has 2 aromatic heterocycles. The second kappa shape index (κ2) is 6.00. The van der Waals surface area contributed by atoms with Crippen molar-refractivity contribution in [1.82, 2.24) is 20.2 Å². The summed E-state index contributed by atoms with van der Waals surface area (Å²) in [7, 11) is 1.64. The van der Waals surface area contributed by atoms with E-state index in [1.165, 1.54) is 0 Å². The van der Waals surface area contributed by atoms with Gasteiger partial charge in [0, 0.05) is 22.8 Å². The van der Waals surface area contributed by atoms with Gasteiger partial charge in [0.05, 0.1) is 18.8 Å². The summed E-state index contributed by atoms with van der Waals surface area (Å²) in [5.74, 6) is 2.15. The van der Waals surface area contributed by atoms with Gasteiger partial charge in [-0.25, -0.2) is 9.97 Å². The molecular weight excluding hydrogens is 302 g/mol. The van der Waals surface area contributed by atoms with E-state index >= 15 is 0 Å². The summed E-state index contributed by atoms with van der Waals surface area (Å²) in [5.41, 5.74) is 2.85. The van der Waals surface area contributed by atoms with Crippen LogP contribution in [0.25, 0.3) is 22.3 Å². The van der Waals surface area contributed by atoms with Crippen LogP contribution in [0.1, 0.15) is 0 Å². The van der Waals surface area contributed by atoms with E-state index in [4.69, 9.17) is 4.74 Å². The van der Waals surface area contributed by atoms with Gasteiger partial charge in [0.25, 0.3) is 0 Å². The quantitative estimate of drug-likeness (QED) is 0.599. The first kappa shape index (κ1) is 14.2. The molecule has 4 aromatic rings. The highest BCUT2D eigenvalue weighted by Gasteiger charge is 2.05. The lowest BCUT2D eigenvalue weighted by molar-refractivity contribution is 0.415. The van der Waals surface area contributed by atoms with Gasteiger partial charge in [-0.3, -0.25) is 5.10 Å². The van der Waals surface area contributed by atoms with E-state index in [-0.39, 0.29) is 0 Å². The average Bonchev–Trinajstić information content (AvgIpc) is 3.10. The topological polar surface area (TPSA) is 75.7 Å². The summed E-state index contributed by atoms with van der Waals surface area (Å²) in [6, 6.07) is 15.5. The molecule has 6 heteroatoms. The molecule has 0 saturated heterocycles. The van der Waals surface area contributed by atoms with Crippen LogP contribution in [0.4, 0.5) is 11.5 Å². The fraction of sp³-hybridized carbons (Fsp3) is 0.0556. The van der Waals surface area contributed by atoms with Crippen molar-refractivity contribution in [3.63, 3.8) is 0 Å². The minimum Gasteiger partial charge on any atom is -0.497 e. The van der Waals surface area contributed by atoms with Crippen LogP contribution < -0.4 is 10.1 Å². The van der Waals surface area contributed by atoms with Crippen LogP contribution >= 0.6 is 0 Å². The van der Waals surface area contributed by atoms with Crippen molar-refractivity contribution in [3.05, 3.63) is 60.9 Å². The number of hydrogen-bond donors (Lipinski definition) is 2. The Hall–Kier alpha value is -3.41. The molecule has 118 valence electrons. The maximum absolute atomic E-state index is 5.26. The van der Waals surface area contributed by atoms with Crippen LogP contribution in [-0.2, 0) is 0 Å². The number of ether oxygens (including phenoxy) is 1. The molecule has 24 heavy (non-hydrogen) atoms. The molecule has 0 aliphatic rings. The molecule has 0 fully saturated rings. The Morgan fingerprint density at radius 1 is 1.08 bits per heavy atom. The number of fused-ring (bicyclic) bond motifs is 1. The van der Waals surface area contributed by atoms with Crippen LogP contribution in [-0.4, -0.2) is 27.3 Å². The Labute approximate surface area is 138 Å². The van der Waals surface area contributed by atoms with E-state index in [2.05, 4.69) is 25.5 Å². The third-order valence-electron chi connectivity index (χ3n) is 3.70. The van der Waals surface area contributed by atoms with E-state index in [0.29, 0.717) is 5.82 Å². The number of benzene rings is 2. The summed E-state index contributed by atoms with van der Waals surface area (Å²) in [5, 5.41) is 11.3. The van der Waals surface area contributed by atoms with Crippen molar-refractivity contribution in [1.29, 1.82) is 0 Å². The standard InChI is InChI=1S/C18H15N5O/c1-24-15-4-2-3-12(10-15)18-19-8-7-17(22-18)21-14-5-6-16-13(9-14)11-20-23-16/h2-11H,1H3,(H,20,23)(H,19,21,22). The van der Waals surface area contributed by atoms with E-state index in [0.717, 1.165) is 33.7 Å². The zero-order chi connectivity index (χ0) is 16.4. The van der Waals surface area contributed by atoms with E-state index in [1.54, 1.807) is 19.5 Å². The summed E-state index contributed by atoms with van der Waals surface area (Å²) in [6.45, 7) is 0. The Morgan fingerprint density at radius 3 is 2.96 bits per heavy atom. The molecule has 2 aromatic carbocycles. The molecule has 0 aliphatic heterocycles. The number of nitrogens with one attached hydrogen (secondary N) is 2. The molecular formula is C18H15N5O. The molecule has 0 radical (unpaired) electrons. The Morgan fingerprint density at radius 2 is 2.04 bits per heavy atom. The molecule has 0 atom stereocenters. The van der Waals surface area contributed by atoms with Crippen molar-refractivity contribution in [2.75, 3.05) is 12.4 Å². The van der Waals surface area contributed by atoms with Gasteiger partial charge in [0.2, 0.25) is 0 Å². The number of rotatable bonds is 4. The number of methoxy groups -OCH3 is 1. The van der Waals surface area contributed by atoms with Crippen molar-refractivity contribution in [2.24, 2.45) is 0 Å². The highest BCUT2D eigenvalue weighted by molar-refractivity contribution is 5.82. The summed E-state index contributed by atoms with van der Waals surface area (Å²) >= 11 is 0. The third-order valence-corrected chi connectivity index (χ3v) is 3.70. The van der Waals surface area contributed by atoms with Gasteiger partial charge >= 0.3 is 0 Å². The third kappa shape index (κ3) is 2.77. The molecule has 4 rings (SSSR count). The number of H-pyrrole nitrogens is 1. The monoisotopic (exact) mass is 317 g/mol. The first-order valence-corrected chi connectivity index (χ1v) is 7.49. The van der Waals surface area contributed by atoms with Gasteiger partial charge in [-0.15, -0.1) is 0 Å². The summed E-state index contributed by atoms with van der Waals surface area (Å²) < 4.78 is 5.26. The van der Waals surface area contributed by atoms with Crippen LogP contribution in [0.5, 0.6) is 5.75 Å². The number of aromatic amines is 1. The molecule has 6 nitrogen and oxygen atoms in total. The molecule has 0 amide bonds. The van der Waals surface area contributed by atoms with Crippen molar-refractivity contribution >= 4 is 22.4 Å². The van der Waals surface area contributed by atoms with Gasteiger partial charge < -0.3 is 10.1 Å². The van der Waals surface area contributed by atoms with Crippen LogP contribution in [0.2, 0.25) is 0 Å². The first-order valence-electron chi connectivity index (χ1n) is 7.49. The van der Waals surface area contributed by atoms with Crippen LogP contribution in [0.3, 0.4) is 0 Å². The molecule has 0 saturated carbocycles. The SMILES string of the molecule is COc1cccc(-c2nccc(Nc3ccc4[nH]ncc4c3)n2)c1. The van der Waals surface area contributed by atoms with E-state index < -0.39 is 0 Å². The summed E-state index contributed by atoms with van der Waals surface area (Å²) in [6.07, 6.45) is 3.53. The lowest BCUT2D eigenvalue weighted by atomic mass is 10.2. The fourth-order valence-electron chi connectivity index (χ4n) is 2.50. The van der Waals surface area contributed by atoms with Gasteiger partial charge in [-0.05, 0) is 36.4 Å². The van der Waals surface area contributed by atoms with Crippen molar-refractivity contribution < 1.29 is 4.74 Å². The molecule has 2 heterocycles. The second-order valence-corrected chi connectivity index (χ2v) is 5.29. The fourth-order valence-corrected chi connectivity index (χ4v) is 2.50. The van der Waals surface area contributed by atoms with Gasteiger partial charge in [-0.2, -0.15) is 5.10 Å². The molecule has 0 bridgehead atoms. The lowest BCUT2D eigenvalue weighted by Crippen LogP contribution is -1.97. The van der Waals surface area contributed by atoms with E-state index in [9.17, 15) is 0 Å². The minimum atomic E-state index is 0.642. The van der Waals surface area contributed by atoms with Crippen LogP contribution in [0.15, 0.2) is 60.9 Å². The molecule has 0 aliphatic carbocycles. The maximum Gasteiger partial charge on any atom is 0.161 e. The van der Waals surface area contributed by atoms with E-state index in [1.807, 2.05) is 48.5 Å². The largest absolute Gasteiger partial charge is 0.497 e. The number of anilines is 2. The molecule has 0 spiro atoms. The zero-order valence-corrected chi connectivity index (χ0v) is 13.0. The van der Waals surface area contributed by atoms with Crippen molar-refractivity contribution in [2.45, 2.75) is 0 Å². The Kier molecular flexibility index (Phi) is 3.55. The molecule has 0 unspecified atom stereocenters. The highest BCUT2D eigenvalue weighted by Crippen LogP contribution is 2.23. The highest BCUT2D eigenvalue weighted by atomic mass is 16.5. The predicted molar refractivity (Wildman–Crippen MR) is 93.4 cm³/mol. The first-order chi connectivity index (χ1) is 11.8. The summed E-state index contributed by atoms with van der Waals surface area (Å²) in [4.78, 5) is 8.93. The number of nitrogens with zero attached hydrogens (tertiary/aromatic N) is 3. The second-order valence-electron chi connectivity index (χ2n) is 5.29. The van der Waals surface area contributed by atoms with Crippen molar-refractivity contribution in [3.8, 4) is 17.1 Å². The van der Waals surface area contributed by atoms with Gasteiger partial charge in [0.1, 0.15) is 11.6 Å². The minimum absolute atomic E-state index is 0.642. The Bertz CT molecular complexity index is 995. The normalized spacial score (nSPS) is 10.7. The zero-order valence-electron chi connectivity index (χ0n) is 13.0. The number of hydrogen-bond acceptors (Lipinski definition) is 5.